The van der Waals surface area contributed by atoms with E-state index in [1.165, 1.54) is 13.2 Å². The molecule has 0 radical (unpaired) electrons. The van der Waals surface area contributed by atoms with Crippen molar-refractivity contribution in [2.45, 2.75) is 32.7 Å². The van der Waals surface area contributed by atoms with E-state index in [2.05, 4.69) is 18.8 Å². The van der Waals surface area contributed by atoms with E-state index in [1.807, 2.05) is 4.90 Å². The first kappa shape index (κ1) is 21.7. The Morgan fingerprint density at radius 3 is 2.67 bits per heavy atom. The number of aromatic nitrogens is 1. The average Bonchev–Trinajstić information content (AvgIpc) is 2.77. The summed E-state index contributed by atoms with van der Waals surface area (Å²) in [5, 5.41) is 12.0. The van der Waals surface area contributed by atoms with E-state index in [9.17, 15) is 14.9 Å². The second-order valence-corrected chi connectivity index (χ2v) is 7.75. The molecule has 0 aliphatic carbocycles. The number of rotatable bonds is 7. The number of benzene rings is 1. The van der Waals surface area contributed by atoms with Gasteiger partial charge in [-0.05, 0) is 30.4 Å². The van der Waals surface area contributed by atoms with E-state index >= 15 is 0 Å². The van der Waals surface area contributed by atoms with E-state index in [0.717, 1.165) is 12.8 Å². The van der Waals surface area contributed by atoms with Crippen molar-refractivity contribution in [3.63, 3.8) is 0 Å². The Balaban J connectivity index is 2.07. The topological polar surface area (TPSA) is 94.8 Å². The number of methoxy groups -OCH3 is 1. The summed E-state index contributed by atoms with van der Waals surface area (Å²) in [7, 11) is 1.31. The van der Waals surface area contributed by atoms with Crippen molar-refractivity contribution >= 4 is 17.5 Å². The Morgan fingerprint density at radius 1 is 1.33 bits per heavy atom. The van der Waals surface area contributed by atoms with Crippen LogP contribution < -0.4 is 4.90 Å². The molecule has 0 unspecified atom stereocenters. The molecule has 1 aromatic heterocycles. The number of anilines is 1. The first-order valence-corrected chi connectivity index (χ1v) is 10.1. The fourth-order valence-corrected chi connectivity index (χ4v) is 3.77. The highest BCUT2D eigenvalue weighted by atomic mass is 16.6. The van der Waals surface area contributed by atoms with Gasteiger partial charge in [0, 0.05) is 43.6 Å². The smallest absolute Gasteiger partial charge is 0.338 e. The monoisotopic (exact) mass is 413 g/mol. The Labute approximate surface area is 176 Å². The number of hydrogen-bond acceptors (Lipinski definition) is 7. The molecule has 2 heterocycles. The van der Waals surface area contributed by atoms with Crippen LogP contribution in [-0.2, 0) is 9.47 Å². The number of hydrogen-bond donors (Lipinski definition) is 0. The minimum absolute atomic E-state index is 0.0701. The van der Waals surface area contributed by atoms with Crippen LogP contribution in [0.3, 0.4) is 0 Å². The summed E-state index contributed by atoms with van der Waals surface area (Å²) in [6, 6.07) is 8.50. The van der Waals surface area contributed by atoms with Gasteiger partial charge < -0.3 is 14.4 Å². The Morgan fingerprint density at radius 2 is 2.03 bits per heavy atom. The number of carbonyl (C=O) groups excluding carboxylic acids is 1. The third kappa shape index (κ3) is 4.76. The van der Waals surface area contributed by atoms with Crippen LogP contribution in [0.15, 0.2) is 36.5 Å². The quantitative estimate of drug-likeness (QED) is 0.383. The highest BCUT2D eigenvalue weighted by molar-refractivity contribution is 5.97. The van der Waals surface area contributed by atoms with Gasteiger partial charge in [-0.2, -0.15) is 0 Å². The summed E-state index contributed by atoms with van der Waals surface area (Å²) in [4.78, 5) is 30.3. The standard InChI is InChI=1S/C22H27N3O5/c1-15(2)14-24(17-8-10-30-11-9-17)21-20(25(27)28)12-16(13-23-21)18-6-4-5-7-19(18)22(26)29-3/h4-7,12-13,15,17H,8-11,14H2,1-3H3. The van der Waals surface area contributed by atoms with Gasteiger partial charge in [-0.3, -0.25) is 10.1 Å². The predicted molar refractivity (Wildman–Crippen MR) is 114 cm³/mol. The van der Waals surface area contributed by atoms with Gasteiger partial charge in [0.05, 0.1) is 17.6 Å². The molecule has 0 amide bonds. The molecule has 30 heavy (non-hydrogen) atoms. The Hall–Kier alpha value is -3.00. The number of pyridine rings is 1. The van der Waals surface area contributed by atoms with Crippen LogP contribution in [0.4, 0.5) is 11.5 Å². The summed E-state index contributed by atoms with van der Waals surface area (Å²) >= 11 is 0. The van der Waals surface area contributed by atoms with Gasteiger partial charge >= 0.3 is 11.7 Å². The van der Waals surface area contributed by atoms with E-state index in [-0.39, 0.29) is 11.7 Å². The summed E-state index contributed by atoms with van der Waals surface area (Å²) in [5.41, 5.74) is 1.32. The molecule has 1 aliphatic rings. The van der Waals surface area contributed by atoms with Crippen LogP contribution in [0.5, 0.6) is 0 Å². The van der Waals surface area contributed by atoms with Crippen LogP contribution in [-0.4, -0.2) is 48.8 Å². The van der Waals surface area contributed by atoms with Crippen molar-refractivity contribution in [1.82, 2.24) is 4.98 Å². The minimum atomic E-state index is -0.499. The van der Waals surface area contributed by atoms with Crippen molar-refractivity contribution in [3.05, 3.63) is 52.2 Å². The van der Waals surface area contributed by atoms with Gasteiger partial charge in [0.1, 0.15) is 0 Å². The summed E-state index contributed by atoms with van der Waals surface area (Å²) in [6.45, 7) is 6.10. The molecular formula is C22H27N3O5. The lowest BCUT2D eigenvalue weighted by molar-refractivity contribution is -0.384. The number of nitro groups is 1. The molecule has 8 nitrogen and oxygen atoms in total. The maximum Gasteiger partial charge on any atom is 0.338 e. The highest BCUT2D eigenvalue weighted by Gasteiger charge is 2.30. The first-order chi connectivity index (χ1) is 14.4. The zero-order valence-electron chi connectivity index (χ0n) is 17.5. The van der Waals surface area contributed by atoms with E-state index in [4.69, 9.17) is 9.47 Å². The SMILES string of the molecule is COC(=O)c1ccccc1-c1cnc(N(CC(C)C)C2CCOCC2)c([N+](=O)[O-])c1. The predicted octanol–water partition coefficient (Wildman–Crippen LogP) is 4.08. The maximum atomic E-state index is 12.1. The van der Waals surface area contributed by atoms with Crippen molar-refractivity contribution in [2.24, 2.45) is 5.92 Å². The zero-order chi connectivity index (χ0) is 21.7. The number of nitrogens with zero attached hydrogens (tertiary/aromatic N) is 3. The summed E-state index contributed by atoms with van der Waals surface area (Å²) < 4.78 is 10.3. The zero-order valence-corrected chi connectivity index (χ0v) is 17.5. The van der Waals surface area contributed by atoms with Crippen LogP contribution >= 0.6 is 0 Å². The summed E-state index contributed by atoms with van der Waals surface area (Å²) in [6.07, 6.45) is 3.20. The molecule has 0 saturated carbocycles. The normalized spacial score (nSPS) is 14.5. The summed E-state index contributed by atoms with van der Waals surface area (Å²) in [5.74, 6) is 0.176. The highest BCUT2D eigenvalue weighted by Crippen LogP contribution is 2.35. The molecule has 0 bridgehead atoms. The molecule has 1 saturated heterocycles. The van der Waals surface area contributed by atoms with Crippen LogP contribution in [0.2, 0.25) is 0 Å². The molecule has 0 N–H and O–H groups in total. The lowest BCUT2D eigenvalue weighted by atomic mass is 10.00. The molecule has 1 fully saturated rings. The van der Waals surface area contributed by atoms with Gasteiger partial charge in [0.25, 0.3) is 0 Å². The third-order valence-electron chi connectivity index (χ3n) is 5.15. The van der Waals surface area contributed by atoms with Crippen LogP contribution in [0, 0.1) is 16.0 Å². The fraction of sp³-hybridized carbons (Fsp3) is 0.455. The van der Waals surface area contributed by atoms with E-state index in [1.54, 1.807) is 30.5 Å². The molecule has 3 rings (SSSR count). The second kappa shape index (κ2) is 9.67. The fourth-order valence-electron chi connectivity index (χ4n) is 3.77. The van der Waals surface area contributed by atoms with E-state index < -0.39 is 10.9 Å². The van der Waals surface area contributed by atoms with Gasteiger partial charge in [-0.25, -0.2) is 9.78 Å². The lowest BCUT2D eigenvalue weighted by Gasteiger charge is -2.36. The lowest BCUT2D eigenvalue weighted by Crippen LogP contribution is -2.42. The van der Waals surface area contributed by atoms with Crippen molar-refractivity contribution in [3.8, 4) is 11.1 Å². The Kier molecular flexibility index (Phi) is 6.99. The first-order valence-electron chi connectivity index (χ1n) is 10.1. The molecule has 1 aliphatic heterocycles. The van der Waals surface area contributed by atoms with Gasteiger partial charge in [0.2, 0.25) is 5.82 Å². The van der Waals surface area contributed by atoms with Crippen molar-refractivity contribution < 1.29 is 19.2 Å². The molecular weight excluding hydrogens is 386 g/mol. The Bertz CT molecular complexity index is 909. The number of ether oxygens (including phenoxy) is 2. The number of carbonyl (C=O) groups is 1. The third-order valence-corrected chi connectivity index (χ3v) is 5.15. The largest absolute Gasteiger partial charge is 0.465 e. The second-order valence-electron chi connectivity index (χ2n) is 7.75. The number of esters is 1. The van der Waals surface area contributed by atoms with Gasteiger partial charge in [0.15, 0.2) is 0 Å². The van der Waals surface area contributed by atoms with Crippen molar-refractivity contribution in [2.75, 3.05) is 31.8 Å². The molecule has 1 aromatic carbocycles. The van der Waals surface area contributed by atoms with Gasteiger partial charge in [-0.15, -0.1) is 0 Å². The van der Waals surface area contributed by atoms with Crippen LogP contribution in [0.25, 0.3) is 11.1 Å². The molecule has 160 valence electrons. The van der Waals surface area contributed by atoms with Crippen molar-refractivity contribution in [1.29, 1.82) is 0 Å². The minimum Gasteiger partial charge on any atom is -0.465 e. The van der Waals surface area contributed by atoms with Gasteiger partial charge in [-0.1, -0.05) is 32.0 Å². The molecule has 0 atom stereocenters. The molecule has 2 aromatic rings. The molecule has 8 heteroatoms. The van der Waals surface area contributed by atoms with Crippen LogP contribution in [0.1, 0.15) is 37.0 Å². The van der Waals surface area contributed by atoms with E-state index in [0.29, 0.717) is 48.2 Å². The molecule has 0 spiro atoms. The maximum absolute atomic E-state index is 12.1. The average molecular weight is 413 g/mol.